The second-order valence-corrected chi connectivity index (χ2v) is 6.55. The summed E-state index contributed by atoms with van der Waals surface area (Å²) in [6.07, 6.45) is 5.53. The Bertz CT molecular complexity index is 515. The first-order valence-electron chi connectivity index (χ1n) is 7.73. The Morgan fingerprint density at radius 3 is 2.86 bits per heavy atom. The van der Waals surface area contributed by atoms with E-state index in [1.54, 1.807) is 0 Å². The Kier molecular flexibility index (Phi) is 4.95. The molecule has 116 valence electrons. The summed E-state index contributed by atoms with van der Waals surface area (Å²) in [7, 11) is 0. The highest BCUT2D eigenvalue weighted by atomic mass is 35.5. The molecule has 3 nitrogen and oxygen atoms in total. The van der Waals surface area contributed by atoms with Gasteiger partial charge in [-0.05, 0) is 56.1 Å². The van der Waals surface area contributed by atoms with E-state index in [9.17, 15) is 4.79 Å². The fraction of sp³-hybridized carbons (Fsp3) is 0.588. The molecule has 2 atom stereocenters. The van der Waals surface area contributed by atoms with Crippen LogP contribution >= 0.6 is 12.4 Å². The van der Waals surface area contributed by atoms with Gasteiger partial charge >= 0.3 is 0 Å². The number of carbonyl (C=O) groups excluding carboxylic acids is 1. The van der Waals surface area contributed by atoms with Crippen LogP contribution in [0.3, 0.4) is 0 Å². The number of hydrogen-bond acceptors (Lipinski definition) is 2. The van der Waals surface area contributed by atoms with Crippen LogP contribution in [0, 0.1) is 5.92 Å². The summed E-state index contributed by atoms with van der Waals surface area (Å²) >= 11 is 0. The van der Waals surface area contributed by atoms with Crippen LogP contribution in [-0.4, -0.2) is 18.5 Å². The number of aryl methyl sites for hydroxylation is 1. The third kappa shape index (κ3) is 3.24. The van der Waals surface area contributed by atoms with E-state index >= 15 is 0 Å². The molecule has 0 spiro atoms. The van der Waals surface area contributed by atoms with Gasteiger partial charge < -0.3 is 11.1 Å². The zero-order valence-corrected chi connectivity index (χ0v) is 13.4. The number of fused-ring (bicyclic) bond motifs is 1. The largest absolute Gasteiger partial charge is 0.354 e. The summed E-state index contributed by atoms with van der Waals surface area (Å²) in [4.78, 5) is 12.7. The first-order valence-corrected chi connectivity index (χ1v) is 7.73. The van der Waals surface area contributed by atoms with Gasteiger partial charge in [-0.15, -0.1) is 12.4 Å². The fourth-order valence-electron chi connectivity index (χ4n) is 3.38. The maximum absolute atomic E-state index is 12.7. The summed E-state index contributed by atoms with van der Waals surface area (Å²) in [5.74, 6) is 0.766. The summed E-state index contributed by atoms with van der Waals surface area (Å²) in [5, 5.41) is 3.09. The van der Waals surface area contributed by atoms with Crippen molar-refractivity contribution in [3.05, 3.63) is 35.4 Å². The lowest BCUT2D eigenvalue weighted by Gasteiger charge is -2.35. The molecule has 3 N–H and O–H groups in total. The van der Waals surface area contributed by atoms with Gasteiger partial charge in [-0.2, -0.15) is 0 Å². The SMILES string of the molecule is CC1(C(=O)NCC(N)C2CC2)CCCc2ccccc21.Cl. The molecule has 2 aliphatic rings. The molecule has 0 heterocycles. The molecule has 0 aromatic heterocycles. The second-order valence-electron chi connectivity index (χ2n) is 6.55. The molecule has 0 saturated heterocycles. The van der Waals surface area contributed by atoms with Crippen LogP contribution in [0.4, 0.5) is 0 Å². The Labute approximate surface area is 133 Å². The van der Waals surface area contributed by atoms with E-state index < -0.39 is 5.41 Å². The maximum atomic E-state index is 12.7. The van der Waals surface area contributed by atoms with E-state index in [1.807, 2.05) is 6.07 Å². The van der Waals surface area contributed by atoms with Crippen molar-refractivity contribution in [3.63, 3.8) is 0 Å². The van der Waals surface area contributed by atoms with Gasteiger partial charge in [-0.1, -0.05) is 24.3 Å². The van der Waals surface area contributed by atoms with Crippen molar-refractivity contribution in [1.29, 1.82) is 0 Å². The first-order chi connectivity index (χ1) is 9.61. The van der Waals surface area contributed by atoms with Crippen LogP contribution < -0.4 is 11.1 Å². The van der Waals surface area contributed by atoms with Gasteiger partial charge in [-0.3, -0.25) is 4.79 Å². The molecule has 0 bridgehead atoms. The molecule has 1 saturated carbocycles. The Balaban J connectivity index is 0.00000161. The van der Waals surface area contributed by atoms with Gasteiger partial charge in [0.25, 0.3) is 0 Å². The van der Waals surface area contributed by atoms with Crippen LogP contribution in [-0.2, 0) is 16.6 Å². The zero-order chi connectivity index (χ0) is 14.2. The van der Waals surface area contributed by atoms with Gasteiger partial charge in [0.15, 0.2) is 0 Å². The standard InChI is InChI=1S/C17H24N2O.ClH/c1-17(16(20)19-11-15(18)13-8-9-13)10-4-6-12-5-2-3-7-14(12)17;/h2-3,5,7,13,15H,4,6,8-11,18H2,1H3,(H,19,20);1H. The van der Waals surface area contributed by atoms with Crippen LogP contribution in [0.1, 0.15) is 43.7 Å². The second kappa shape index (κ2) is 6.37. The molecule has 0 aliphatic heterocycles. The van der Waals surface area contributed by atoms with E-state index in [0.29, 0.717) is 12.5 Å². The predicted molar refractivity (Wildman–Crippen MR) is 87.7 cm³/mol. The van der Waals surface area contributed by atoms with Crippen molar-refractivity contribution in [2.75, 3.05) is 6.54 Å². The highest BCUT2D eigenvalue weighted by Crippen LogP contribution is 2.37. The highest BCUT2D eigenvalue weighted by Gasteiger charge is 2.39. The molecule has 4 heteroatoms. The van der Waals surface area contributed by atoms with Crippen LogP contribution in [0.25, 0.3) is 0 Å². The Hall–Kier alpha value is -1.06. The first kappa shape index (κ1) is 16.3. The van der Waals surface area contributed by atoms with Crippen molar-refractivity contribution in [1.82, 2.24) is 5.32 Å². The smallest absolute Gasteiger partial charge is 0.230 e. The van der Waals surface area contributed by atoms with E-state index in [4.69, 9.17) is 5.73 Å². The van der Waals surface area contributed by atoms with Crippen molar-refractivity contribution >= 4 is 18.3 Å². The molecule has 3 rings (SSSR count). The maximum Gasteiger partial charge on any atom is 0.230 e. The number of hydrogen-bond donors (Lipinski definition) is 2. The molecule has 1 amide bonds. The number of carbonyl (C=O) groups is 1. The Morgan fingerprint density at radius 1 is 1.43 bits per heavy atom. The molecule has 1 aromatic carbocycles. The number of benzene rings is 1. The number of nitrogens with one attached hydrogen (secondary N) is 1. The van der Waals surface area contributed by atoms with Crippen molar-refractivity contribution in [2.45, 2.75) is 50.5 Å². The zero-order valence-electron chi connectivity index (χ0n) is 12.6. The number of nitrogens with two attached hydrogens (primary N) is 1. The van der Waals surface area contributed by atoms with Gasteiger partial charge in [-0.25, -0.2) is 0 Å². The third-order valence-corrected chi connectivity index (χ3v) is 4.96. The van der Waals surface area contributed by atoms with E-state index in [1.165, 1.54) is 24.0 Å². The van der Waals surface area contributed by atoms with E-state index in [0.717, 1.165) is 19.3 Å². The van der Waals surface area contributed by atoms with Crippen molar-refractivity contribution in [2.24, 2.45) is 11.7 Å². The summed E-state index contributed by atoms with van der Waals surface area (Å²) < 4.78 is 0. The van der Waals surface area contributed by atoms with Crippen LogP contribution in [0.5, 0.6) is 0 Å². The molecule has 2 aliphatic carbocycles. The van der Waals surface area contributed by atoms with E-state index in [2.05, 4.69) is 30.4 Å². The average molecular weight is 309 g/mol. The summed E-state index contributed by atoms with van der Waals surface area (Å²) in [5.41, 5.74) is 8.21. The van der Waals surface area contributed by atoms with Crippen LogP contribution in [0.15, 0.2) is 24.3 Å². The van der Waals surface area contributed by atoms with Crippen LogP contribution in [0.2, 0.25) is 0 Å². The lowest BCUT2D eigenvalue weighted by atomic mass is 9.70. The molecular weight excluding hydrogens is 284 g/mol. The Morgan fingerprint density at radius 2 is 2.14 bits per heavy atom. The monoisotopic (exact) mass is 308 g/mol. The van der Waals surface area contributed by atoms with Gasteiger partial charge in [0.05, 0.1) is 5.41 Å². The van der Waals surface area contributed by atoms with Crippen molar-refractivity contribution in [3.8, 4) is 0 Å². The molecule has 2 unspecified atom stereocenters. The lowest BCUT2D eigenvalue weighted by molar-refractivity contribution is -0.126. The average Bonchev–Trinajstić information content (AvgIpc) is 3.29. The van der Waals surface area contributed by atoms with Crippen molar-refractivity contribution < 1.29 is 4.79 Å². The fourth-order valence-corrected chi connectivity index (χ4v) is 3.38. The van der Waals surface area contributed by atoms with Gasteiger partial charge in [0.2, 0.25) is 5.91 Å². The summed E-state index contributed by atoms with van der Waals surface area (Å²) in [6, 6.07) is 8.48. The number of rotatable bonds is 4. The minimum atomic E-state index is -0.391. The van der Waals surface area contributed by atoms with E-state index in [-0.39, 0.29) is 24.4 Å². The minimum Gasteiger partial charge on any atom is -0.354 e. The lowest BCUT2D eigenvalue weighted by Crippen LogP contribution is -2.48. The van der Waals surface area contributed by atoms with Gasteiger partial charge in [0, 0.05) is 12.6 Å². The third-order valence-electron chi connectivity index (χ3n) is 4.96. The quantitative estimate of drug-likeness (QED) is 0.898. The summed E-state index contributed by atoms with van der Waals surface area (Å²) in [6.45, 7) is 2.68. The number of halogens is 1. The number of amides is 1. The molecule has 1 fully saturated rings. The van der Waals surface area contributed by atoms with Gasteiger partial charge in [0.1, 0.15) is 0 Å². The normalized spacial score (nSPS) is 25.4. The topological polar surface area (TPSA) is 55.1 Å². The molecular formula is C17H25ClN2O. The molecule has 1 aromatic rings. The molecule has 21 heavy (non-hydrogen) atoms. The molecule has 0 radical (unpaired) electrons. The predicted octanol–water partition coefficient (Wildman–Crippen LogP) is 2.56. The highest BCUT2D eigenvalue weighted by molar-refractivity contribution is 5.88. The minimum absolute atomic E-state index is 0.